The maximum atomic E-state index is 4.53. The maximum absolute atomic E-state index is 4.53. The fourth-order valence-corrected chi connectivity index (χ4v) is 2.54. The highest BCUT2D eigenvalue weighted by Gasteiger charge is 2.20. The summed E-state index contributed by atoms with van der Waals surface area (Å²) in [4.78, 5) is 10.8. The Balaban J connectivity index is 1.71. The molecule has 1 aliphatic carbocycles. The molecule has 1 fully saturated rings. The molecule has 2 rings (SSSR count). The van der Waals surface area contributed by atoms with Gasteiger partial charge in [-0.3, -0.25) is 4.99 Å². The van der Waals surface area contributed by atoms with E-state index in [2.05, 4.69) is 26.0 Å². The van der Waals surface area contributed by atoms with Crippen LogP contribution in [0, 0.1) is 5.92 Å². The fourth-order valence-electron chi connectivity index (χ4n) is 1.78. The molecule has 19 heavy (non-hydrogen) atoms. The van der Waals surface area contributed by atoms with E-state index in [1.54, 1.807) is 18.4 Å². The van der Waals surface area contributed by atoms with Crippen molar-refractivity contribution in [1.82, 2.24) is 15.6 Å². The van der Waals surface area contributed by atoms with Crippen molar-refractivity contribution in [2.75, 3.05) is 32.6 Å². The average molecular weight is 281 g/mol. The molecule has 0 atom stereocenters. The van der Waals surface area contributed by atoms with Crippen molar-refractivity contribution in [2.45, 2.75) is 25.8 Å². The van der Waals surface area contributed by atoms with Crippen LogP contribution < -0.4 is 15.5 Å². The highest BCUT2D eigenvalue weighted by atomic mass is 32.1. The molecular formula is C13H23N5S. The van der Waals surface area contributed by atoms with Crippen LogP contribution in [0.15, 0.2) is 10.4 Å². The number of nitrogens with zero attached hydrogens (tertiary/aromatic N) is 3. The zero-order valence-electron chi connectivity index (χ0n) is 11.9. The van der Waals surface area contributed by atoms with Crippen LogP contribution in [0.25, 0.3) is 0 Å². The Morgan fingerprint density at radius 2 is 2.26 bits per heavy atom. The van der Waals surface area contributed by atoms with Crippen molar-refractivity contribution in [3.05, 3.63) is 11.1 Å². The molecule has 0 radical (unpaired) electrons. The van der Waals surface area contributed by atoms with Gasteiger partial charge >= 0.3 is 0 Å². The normalized spacial score (nSPS) is 15.4. The van der Waals surface area contributed by atoms with Gasteiger partial charge in [0.05, 0.1) is 12.2 Å². The number of thiazole rings is 1. The SMILES string of the molecule is CN=C(NCCC1CC1)NCc1csc(N(C)C)n1. The topological polar surface area (TPSA) is 52.6 Å². The van der Waals surface area contributed by atoms with Gasteiger partial charge in [0.15, 0.2) is 11.1 Å². The molecule has 0 unspecified atom stereocenters. The zero-order chi connectivity index (χ0) is 13.7. The summed E-state index contributed by atoms with van der Waals surface area (Å²) in [6.45, 7) is 1.72. The molecule has 6 heteroatoms. The third kappa shape index (κ3) is 4.70. The highest BCUT2D eigenvalue weighted by molar-refractivity contribution is 7.13. The van der Waals surface area contributed by atoms with Crippen molar-refractivity contribution in [3.8, 4) is 0 Å². The van der Waals surface area contributed by atoms with Gasteiger partial charge in [-0.1, -0.05) is 12.8 Å². The van der Waals surface area contributed by atoms with E-state index >= 15 is 0 Å². The van der Waals surface area contributed by atoms with Gasteiger partial charge in [0.1, 0.15) is 0 Å². The van der Waals surface area contributed by atoms with Crippen LogP contribution in [0.5, 0.6) is 0 Å². The van der Waals surface area contributed by atoms with Gasteiger partial charge in [0.25, 0.3) is 0 Å². The lowest BCUT2D eigenvalue weighted by Crippen LogP contribution is -2.37. The van der Waals surface area contributed by atoms with Crippen molar-refractivity contribution in [2.24, 2.45) is 10.9 Å². The Bertz CT molecular complexity index is 422. The molecule has 0 spiro atoms. The Labute approximate surface area is 119 Å². The molecule has 1 saturated carbocycles. The van der Waals surface area contributed by atoms with E-state index in [4.69, 9.17) is 0 Å². The van der Waals surface area contributed by atoms with E-state index in [1.807, 2.05) is 19.0 Å². The van der Waals surface area contributed by atoms with Gasteiger partial charge in [-0.15, -0.1) is 11.3 Å². The van der Waals surface area contributed by atoms with E-state index in [0.717, 1.165) is 29.2 Å². The lowest BCUT2D eigenvalue weighted by Gasteiger charge is -2.10. The Hall–Kier alpha value is -1.30. The summed E-state index contributed by atoms with van der Waals surface area (Å²) in [5.41, 5.74) is 1.05. The average Bonchev–Trinajstić information content (AvgIpc) is 3.09. The molecule has 1 heterocycles. The predicted molar refractivity (Wildman–Crippen MR) is 82.0 cm³/mol. The summed E-state index contributed by atoms with van der Waals surface area (Å²) in [7, 11) is 5.82. The first-order valence-corrected chi connectivity index (χ1v) is 7.63. The van der Waals surface area contributed by atoms with E-state index in [1.165, 1.54) is 19.3 Å². The zero-order valence-corrected chi connectivity index (χ0v) is 12.8. The van der Waals surface area contributed by atoms with Crippen LogP contribution in [0.4, 0.5) is 5.13 Å². The number of rotatable bonds is 6. The van der Waals surface area contributed by atoms with Gasteiger partial charge in [-0.2, -0.15) is 0 Å². The first kappa shape index (κ1) is 14.1. The molecule has 0 saturated heterocycles. The van der Waals surface area contributed by atoms with Crippen molar-refractivity contribution < 1.29 is 0 Å². The minimum absolute atomic E-state index is 0.716. The highest BCUT2D eigenvalue weighted by Crippen LogP contribution is 2.31. The molecule has 106 valence electrons. The van der Waals surface area contributed by atoms with E-state index in [9.17, 15) is 0 Å². The molecule has 0 aromatic carbocycles. The van der Waals surface area contributed by atoms with E-state index < -0.39 is 0 Å². The van der Waals surface area contributed by atoms with Gasteiger partial charge in [-0.05, 0) is 12.3 Å². The minimum atomic E-state index is 0.716. The summed E-state index contributed by atoms with van der Waals surface area (Å²) in [5.74, 6) is 1.81. The predicted octanol–water partition coefficient (Wildman–Crippen LogP) is 1.67. The second-order valence-electron chi connectivity index (χ2n) is 5.10. The van der Waals surface area contributed by atoms with Crippen LogP contribution in [0.2, 0.25) is 0 Å². The molecule has 0 amide bonds. The number of aromatic nitrogens is 1. The fraction of sp³-hybridized carbons (Fsp3) is 0.692. The van der Waals surface area contributed by atoms with Crippen LogP contribution in [0.1, 0.15) is 25.0 Å². The second kappa shape index (κ2) is 6.75. The number of nitrogens with one attached hydrogen (secondary N) is 2. The van der Waals surface area contributed by atoms with Crippen LogP contribution in [-0.4, -0.2) is 38.6 Å². The number of aliphatic imine (C=N–C) groups is 1. The summed E-state index contributed by atoms with van der Waals surface area (Å²) in [6, 6.07) is 0. The maximum Gasteiger partial charge on any atom is 0.191 e. The quantitative estimate of drug-likeness (QED) is 0.615. The number of hydrogen-bond acceptors (Lipinski definition) is 4. The van der Waals surface area contributed by atoms with Gasteiger partial charge < -0.3 is 15.5 Å². The van der Waals surface area contributed by atoms with E-state index in [-0.39, 0.29) is 0 Å². The third-order valence-corrected chi connectivity index (χ3v) is 4.18. The molecule has 1 aromatic rings. The molecule has 1 aromatic heterocycles. The number of anilines is 1. The molecular weight excluding hydrogens is 258 g/mol. The summed E-state index contributed by atoms with van der Waals surface area (Å²) >= 11 is 1.66. The Morgan fingerprint density at radius 1 is 1.47 bits per heavy atom. The Kier molecular flexibility index (Phi) is 5.01. The number of guanidine groups is 1. The molecule has 1 aliphatic rings. The second-order valence-corrected chi connectivity index (χ2v) is 5.94. The molecule has 0 aliphatic heterocycles. The van der Waals surface area contributed by atoms with Crippen molar-refractivity contribution >= 4 is 22.4 Å². The summed E-state index contributed by atoms with van der Waals surface area (Å²) < 4.78 is 0. The Morgan fingerprint density at radius 3 is 2.84 bits per heavy atom. The minimum Gasteiger partial charge on any atom is -0.356 e. The first-order valence-electron chi connectivity index (χ1n) is 6.75. The van der Waals surface area contributed by atoms with Crippen molar-refractivity contribution in [3.63, 3.8) is 0 Å². The van der Waals surface area contributed by atoms with Crippen LogP contribution >= 0.6 is 11.3 Å². The summed E-state index contributed by atoms with van der Waals surface area (Å²) in [5, 5.41) is 9.76. The lowest BCUT2D eigenvalue weighted by molar-refractivity contribution is 0.683. The summed E-state index contributed by atoms with van der Waals surface area (Å²) in [6.07, 6.45) is 4.06. The standard InChI is InChI=1S/C13H23N5S/c1-14-12(15-7-6-10-4-5-10)16-8-11-9-19-13(17-11)18(2)3/h9-10H,4-8H2,1-3H3,(H2,14,15,16). The first-order chi connectivity index (χ1) is 9.19. The monoisotopic (exact) mass is 281 g/mol. The lowest BCUT2D eigenvalue weighted by atomic mass is 10.3. The van der Waals surface area contributed by atoms with Crippen LogP contribution in [0.3, 0.4) is 0 Å². The van der Waals surface area contributed by atoms with Crippen molar-refractivity contribution in [1.29, 1.82) is 0 Å². The molecule has 5 nitrogen and oxygen atoms in total. The van der Waals surface area contributed by atoms with Gasteiger partial charge in [0.2, 0.25) is 0 Å². The van der Waals surface area contributed by atoms with Crippen LogP contribution in [-0.2, 0) is 6.54 Å². The molecule has 2 N–H and O–H groups in total. The largest absolute Gasteiger partial charge is 0.356 e. The van der Waals surface area contributed by atoms with Gasteiger partial charge in [0, 0.05) is 33.1 Å². The number of hydrogen-bond donors (Lipinski definition) is 2. The third-order valence-electron chi connectivity index (χ3n) is 3.12. The van der Waals surface area contributed by atoms with Gasteiger partial charge in [-0.25, -0.2) is 4.98 Å². The smallest absolute Gasteiger partial charge is 0.191 e. The van der Waals surface area contributed by atoms with E-state index in [0.29, 0.717) is 6.54 Å². The molecule has 0 bridgehead atoms.